The molecule has 0 saturated carbocycles. The van der Waals surface area contributed by atoms with Gasteiger partial charge in [0.25, 0.3) is 0 Å². The summed E-state index contributed by atoms with van der Waals surface area (Å²) in [5.74, 6) is 0.836. The van der Waals surface area contributed by atoms with Gasteiger partial charge in [-0.15, -0.1) is 0 Å². The van der Waals surface area contributed by atoms with Crippen molar-refractivity contribution < 1.29 is 0 Å². The molecule has 20 heavy (non-hydrogen) atoms. The maximum absolute atomic E-state index is 3.97. The highest BCUT2D eigenvalue weighted by Gasteiger charge is 2.08. The summed E-state index contributed by atoms with van der Waals surface area (Å²) < 4.78 is 0. The summed E-state index contributed by atoms with van der Waals surface area (Å²) in [4.78, 5) is 0. The van der Waals surface area contributed by atoms with Crippen molar-refractivity contribution in [3.05, 3.63) is 6.92 Å². The van der Waals surface area contributed by atoms with Crippen molar-refractivity contribution in [2.45, 2.75) is 111 Å². The molecule has 121 valence electrons. The standard InChI is InChI=1S/C20H41/c1-6-19(2)17-15-13-11-9-7-8-10-12-14-16-18-20(3,4)5/h19H,1,6-18H2,2-5H3. The van der Waals surface area contributed by atoms with Gasteiger partial charge in [0.05, 0.1) is 0 Å². The van der Waals surface area contributed by atoms with Crippen LogP contribution in [0, 0.1) is 18.3 Å². The molecule has 0 heterocycles. The van der Waals surface area contributed by atoms with Gasteiger partial charge < -0.3 is 0 Å². The molecule has 0 bridgehead atoms. The van der Waals surface area contributed by atoms with Crippen molar-refractivity contribution >= 4 is 0 Å². The fraction of sp³-hybridized carbons (Fsp3) is 0.950. The Bertz CT molecular complexity index is 187. The van der Waals surface area contributed by atoms with E-state index in [1.807, 2.05) is 0 Å². The van der Waals surface area contributed by atoms with Crippen molar-refractivity contribution in [1.29, 1.82) is 0 Å². The fourth-order valence-corrected chi connectivity index (χ4v) is 2.71. The monoisotopic (exact) mass is 281 g/mol. The van der Waals surface area contributed by atoms with Crippen LogP contribution in [0.5, 0.6) is 0 Å². The highest BCUT2D eigenvalue weighted by Crippen LogP contribution is 2.22. The first-order valence-corrected chi connectivity index (χ1v) is 9.25. The second-order valence-electron chi connectivity index (χ2n) is 8.03. The summed E-state index contributed by atoms with van der Waals surface area (Å²) in [5, 5.41) is 0. The molecule has 0 N–H and O–H groups in total. The molecule has 0 saturated heterocycles. The third-order valence-corrected chi connectivity index (χ3v) is 4.37. The quantitative estimate of drug-likeness (QED) is 0.305. The van der Waals surface area contributed by atoms with E-state index in [-0.39, 0.29) is 0 Å². The zero-order valence-corrected chi connectivity index (χ0v) is 15.0. The van der Waals surface area contributed by atoms with Gasteiger partial charge in [-0.25, -0.2) is 0 Å². The second-order valence-corrected chi connectivity index (χ2v) is 8.03. The highest BCUT2D eigenvalue weighted by molar-refractivity contribution is 4.61. The minimum absolute atomic E-state index is 0.533. The Balaban J connectivity index is 3.07. The topological polar surface area (TPSA) is 0 Å². The van der Waals surface area contributed by atoms with Crippen LogP contribution >= 0.6 is 0 Å². The SMILES string of the molecule is [CH2]CC(C)CCCCCCCCCCCCC(C)(C)C. The summed E-state index contributed by atoms with van der Waals surface area (Å²) in [7, 11) is 0. The molecule has 0 amide bonds. The smallest absolute Gasteiger partial charge is 0.0383 e. The largest absolute Gasteiger partial charge is 0.0625 e. The molecule has 0 aliphatic carbocycles. The highest BCUT2D eigenvalue weighted by atomic mass is 14.1. The van der Waals surface area contributed by atoms with Crippen molar-refractivity contribution in [2.75, 3.05) is 0 Å². The summed E-state index contributed by atoms with van der Waals surface area (Å²) in [6.07, 6.45) is 18.4. The van der Waals surface area contributed by atoms with Crippen molar-refractivity contribution in [3.63, 3.8) is 0 Å². The lowest BCUT2D eigenvalue weighted by Crippen LogP contribution is -2.03. The molecule has 0 aliphatic rings. The van der Waals surface area contributed by atoms with Crippen LogP contribution in [0.3, 0.4) is 0 Å². The number of unbranched alkanes of at least 4 members (excludes halogenated alkanes) is 9. The van der Waals surface area contributed by atoms with E-state index in [2.05, 4.69) is 34.6 Å². The lowest BCUT2D eigenvalue weighted by Gasteiger charge is -2.17. The Morgan fingerprint density at radius 1 is 0.700 bits per heavy atom. The van der Waals surface area contributed by atoms with Crippen LogP contribution in [-0.4, -0.2) is 0 Å². The average molecular weight is 282 g/mol. The Labute approximate surface area is 130 Å². The molecular weight excluding hydrogens is 240 g/mol. The van der Waals surface area contributed by atoms with E-state index < -0.39 is 0 Å². The van der Waals surface area contributed by atoms with Gasteiger partial charge in [0.1, 0.15) is 0 Å². The maximum atomic E-state index is 3.97. The second kappa shape index (κ2) is 12.7. The van der Waals surface area contributed by atoms with Crippen LogP contribution in [0.15, 0.2) is 0 Å². The molecule has 1 radical (unpaired) electrons. The molecule has 0 aliphatic heterocycles. The van der Waals surface area contributed by atoms with Crippen molar-refractivity contribution in [1.82, 2.24) is 0 Å². The Kier molecular flexibility index (Phi) is 12.7. The van der Waals surface area contributed by atoms with Crippen LogP contribution in [0.25, 0.3) is 0 Å². The van der Waals surface area contributed by atoms with Gasteiger partial charge in [-0.1, -0.05) is 112 Å². The minimum Gasteiger partial charge on any atom is -0.0625 e. The van der Waals surface area contributed by atoms with E-state index in [4.69, 9.17) is 0 Å². The van der Waals surface area contributed by atoms with Gasteiger partial charge in [0.15, 0.2) is 0 Å². The Morgan fingerprint density at radius 3 is 1.50 bits per heavy atom. The zero-order valence-electron chi connectivity index (χ0n) is 15.0. The molecule has 0 heteroatoms. The van der Waals surface area contributed by atoms with E-state index in [0.29, 0.717) is 5.41 Å². The fourth-order valence-electron chi connectivity index (χ4n) is 2.71. The molecule has 0 aromatic carbocycles. The van der Waals surface area contributed by atoms with E-state index >= 15 is 0 Å². The molecule has 0 nitrogen and oxygen atoms in total. The average Bonchev–Trinajstić information content (AvgIpc) is 2.38. The first-order chi connectivity index (χ1) is 9.45. The molecule has 0 fully saturated rings. The molecule has 1 atom stereocenters. The van der Waals surface area contributed by atoms with Gasteiger partial charge >= 0.3 is 0 Å². The summed E-state index contributed by atoms with van der Waals surface area (Å²) >= 11 is 0. The predicted molar refractivity (Wildman–Crippen MR) is 94.0 cm³/mol. The lowest BCUT2D eigenvalue weighted by atomic mass is 9.89. The van der Waals surface area contributed by atoms with Gasteiger partial charge in [-0.05, 0) is 17.8 Å². The third-order valence-electron chi connectivity index (χ3n) is 4.37. The van der Waals surface area contributed by atoms with Gasteiger partial charge in [-0.2, -0.15) is 0 Å². The first-order valence-electron chi connectivity index (χ1n) is 9.25. The summed E-state index contributed by atoms with van der Waals surface area (Å²) in [6, 6.07) is 0. The van der Waals surface area contributed by atoms with E-state index in [9.17, 15) is 0 Å². The van der Waals surface area contributed by atoms with Crippen molar-refractivity contribution in [3.8, 4) is 0 Å². The number of hydrogen-bond acceptors (Lipinski definition) is 0. The maximum Gasteiger partial charge on any atom is -0.0383 e. The molecule has 1 unspecified atom stereocenters. The van der Waals surface area contributed by atoms with Crippen LogP contribution < -0.4 is 0 Å². The Morgan fingerprint density at radius 2 is 1.10 bits per heavy atom. The third kappa shape index (κ3) is 16.1. The molecule has 0 rings (SSSR count). The summed E-state index contributed by atoms with van der Waals surface area (Å²) in [5.41, 5.74) is 0.533. The van der Waals surface area contributed by atoms with E-state index in [1.165, 1.54) is 77.0 Å². The zero-order chi connectivity index (χ0) is 15.3. The molecule has 0 aromatic heterocycles. The van der Waals surface area contributed by atoms with Crippen molar-refractivity contribution in [2.24, 2.45) is 11.3 Å². The van der Waals surface area contributed by atoms with E-state index in [1.54, 1.807) is 0 Å². The number of rotatable bonds is 13. The number of hydrogen-bond donors (Lipinski definition) is 0. The Hall–Kier alpha value is 0. The molecule has 0 aromatic rings. The minimum atomic E-state index is 0.533. The van der Waals surface area contributed by atoms with Gasteiger partial charge in [0, 0.05) is 0 Å². The first kappa shape index (κ1) is 20.0. The lowest BCUT2D eigenvalue weighted by molar-refractivity contribution is 0.356. The molecular formula is C20H41. The van der Waals surface area contributed by atoms with E-state index in [0.717, 1.165) is 12.3 Å². The van der Waals surface area contributed by atoms with Crippen LogP contribution in [0.4, 0.5) is 0 Å². The molecule has 0 spiro atoms. The summed E-state index contributed by atoms with van der Waals surface area (Å²) in [6.45, 7) is 13.4. The van der Waals surface area contributed by atoms with Gasteiger partial charge in [-0.3, -0.25) is 0 Å². The normalized spacial score (nSPS) is 13.7. The van der Waals surface area contributed by atoms with Gasteiger partial charge in [0.2, 0.25) is 0 Å². The van der Waals surface area contributed by atoms with Crippen LogP contribution in [0.1, 0.15) is 111 Å². The van der Waals surface area contributed by atoms with Crippen LogP contribution in [0.2, 0.25) is 0 Å². The van der Waals surface area contributed by atoms with Crippen LogP contribution in [-0.2, 0) is 0 Å². The predicted octanol–water partition coefficient (Wildman–Crippen LogP) is 7.57.